The van der Waals surface area contributed by atoms with E-state index in [1.54, 1.807) is 13.3 Å². The molecule has 2 aliphatic rings. The lowest BCUT2D eigenvalue weighted by atomic mass is 9.96. The Morgan fingerprint density at radius 3 is 3.18 bits per heavy atom. The largest absolute Gasteiger partial charge is 0.380 e. The van der Waals surface area contributed by atoms with Crippen molar-refractivity contribution in [3.63, 3.8) is 0 Å². The van der Waals surface area contributed by atoms with Crippen LogP contribution in [0.1, 0.15) is 5.69 Å². The zero-order chi connectivity index (χ0) is 15.1. The molecule has 4 rings (SSSR count). The van der Waals surface area contributed by atoms with Gasteiger partial charge in [0.05, 0.1) is 24.1 Å². The Kier molecular flexibility index (Phi) is 3.31. The Morgan fingerprint density at radius 1 is 1.41 bits per heavy atom. The highest BCUT2D eigenvalue weighted by Gasteiger charge is 2.33. The van der Waals surface area contributed by atoms with Crippen molar-refractivity contribution in [1.82, 2.24) is 20.5 Å². The zero-order valence-electron chi connectivity index (χ0n) is 11.9. The molecule has 0 aromatic carbocycles. The van der Waals surface area contributed by atoms with E-state index in [9.17, 15) is 0 Å². The van der Waals surface area contributed by atoms with E-state index < -0.39 is 0 Å². The monoisotopic (exact) mass is 359 g/mol. The van der Waals surface area contributed by atoms with Gasteiger partial charge in [0.25, 0.3) is 0 Å². The van der Waals surface area contributed by atoms with Crippen LogP contribution in [0.5, 0.6) is 0 Å². The van der Waals surface area contributed by atoms with Crippen molar-refractivity contribution in [1.29, 1.82) is 0 Å². The third kappa shape index (κ3) is 2.17. The Balaban J connectivity index is 1.74. The maximum Gasteiger partial charge on any atom is 0.155 e. The molecule has 2 N–H and O–H groups in total. The van der Waals surface area contributed by atoms with Gasteiger partial charge in [-0.15, -0.1) is 0 Å². The van der Waals surface area contributed by atoms with E-state index in [4.69, 9.17) is 9.73 Å². The van der Waals surface area contributed by atoms with E-state index >= 15 is 0 Å². The third-order valence-electron chi connectivity index (χ3n) is 3.84. The number of H-pyrrole nitrogens is 1. The molecule has 0 saturated carbocycles. The molecule has 2 unspecified atom stereocenters. The molecule has 1 aliphatic heterocycles. The summed E-state index contributed by atoms with van der Waals surface area (Å²) in [5.41, 5.74) is 2.71. The predicted octanol–water partition coefficient (Wildman–Crippen LogP) is 1.95. The molecule has 112 valence electrons. The Bertz CT molecular complexity index is 822. The minimum atomic E-state index is 0.0619. The second kappa shape index (κ2) is 5.33. The third-order valence-corrected chi connectivity index (χ3v) is 4.27. The van der Waals surface area contributed by atoms with Gasteiger partial charge in [0.15, 0.2) is 11.5 Å². The molecule has 3 heterocycles. The number of aromatic amines is 1. The van der Waals surface area contributed by atoms with Gasteiger partial charge in [-0.1, -0.05) is 18.2 Å². The molecule has 0 bridgehead atoms. The predicted molar refractivity (Wildman–Crippen MR) is 87.9 cm³/mol. The number of hydrogen-bond acceptors (Lipinski definition) is 5. The van der Waals surface area contributed by atoms with Crippen molar-refractivity contribution < 1.29 is 4.74 Å². The molecular formula is C15H14BrN5O. The Morgan fingerprint density at radius 2 is 2.32 bits per heavy atom. The quantitative estimate of drug-likeness (QED) is 0.878. The van der Waals surface area contributed by atoms with Gasteiger partial charge in [-0.2, -0.15) is 5.10 Å². The summed E-state index contributed by atoms with van der Waals surface area (Å²) in [6.07, 6.45) is 7.97. The highest BCUT2D eigenvalue weighted by molar-refractivity contribution is 9.10. The van der Waals surface area contributed by atoms with E-state index in [0.717, 1.165) is 32.6 Å². The van der Waals surface area contributed by atoms with Gasteiger partial charge in [-0.3, -0.25) is 10.1 Å². The number of aliphatic imine (C=N–C) groups is 1. The average Bonchev–Trinajstić information content (AvgIpc) is 3.11. The van der Waals surface area contributed by atoms with Gasteiger partial charge >= 0.3 is 0 Å². The van der Waals surface area contributed by atoms with Gasteiger partial charge in [0, 0.05) is 17.8 Å². The SMILES string of the molecule is COCC1=CC=CC2NC(c3n[nH]c4ncc(Br)cc34)=NC12. The molecule has 0 fully saturated rings. The lowest BCUT2D eigenvalue weighted by molar-refractivity contribution is 0.220. The van der Waals surface area contributed by atoms with Gasteiger partial charge in [-0.05, 0) is 27.6 Å². The molecule has 2 atom stereocenters. The maximum absolute atomic E-state index is 5.26. The first kappa shape index (κ1) is 13.7. The Hall–Kier alpha value is -1.99. The highest BCUT2D eigenvalue weighted by atomic mass is 79.9. The first-order chi connectivity index (χ1) is 10.8. The lowest BCUT2D eigenvalue weighted by Gasteiger charge is -2.20. The second-order valence-electron chi connectivity index (χ2n) is 5.27. The van der Waals surface area contributed by atoms with Crippen molar-refractivity contribution in [2.45, 2.75) is 12.1 Å². The van der Waals surface area contributed by atoms with Gasteiger partial charge < -0.3 is 10.1 Å². The van der Waals surface area contributed by atoms with Crippen molar-refractivity contribution in [3.05, 3.63) is 46.2 Å². The van der Waals surface area contributed by atoms with E-state index in [-0.39, 0.29) is 12.1 Å². The number of hydrogen-bond donors (Lipinski definition) is 2. The molecule has 22 heavy (non-hydrogen) atoms. The fourth-order valence-electron chi connectivity index (χ4n) is 2.85. The normalized spacial score (nSPS) is 23.2. The van der Waals surface area contributed by atoms with Crippen LogP contribution in [0.15, 0.2) is 45.5 Å². The number of rotatable bonds is 3. The van der Waals surface area contributed by atoms with Crippen LogP contribution in [0.2, 0.25) is 0 Å². The van der Waals surface area contributed by atoms with Gasteiger partial charge in [-0.25, -0.2) is 4.98 Å². The van der Waals surface area contributed by atoms with Crippen molar-refractivity contribution in [3.8, 4) is 0 Å². The minimum absolute atomic E-state index is 0.0619. The van der Waals surface area contributed by atoms with Crippen molar-refractivity contribution in [2.75, 3.05) is 13.7 Å². The molecule has 6 nitrogen and oxygen atoms in total. The summed E-state index contributed by atoms with van der Waals surface area (Å²) in [7, 11) is 1.70. The van der Waals surface area contributed by atoms with Crippen LogP contribution in [0.3, 0.4) is 0 Å². The van der Waals surface area contributed by atoms with E-state index in [0.29, 0.717) is 6.61 Å². The summed E-state index contributed by atoms with van der Waals surface area (Å²) in [4.78, 5) is 9.13. The summed E-state index contributed by atoms with van der Waals surface area (Å²) >= 11 is 3.45. The van der Waals surface area contributed by atoms with Gasteiger partial charge in [0.2, 0.25) is 0 Å². The Labute approximate surface area is 135 Å². The number of halogens is 1. The number of ether oxygens (including phenoxy) is 1. The van der Waals surface area contributed by atoms with Gasteiger partial charge in [0.1, 0.15) is 5.69 Å². The van der Waals surface area contributed by atoms with Crippen molar-refractivity contribution >= 4 is 32.8 Å². The van der Waals surface area contributed by atoms with Crippen LogP contribution >= 0.6 is 15.9 Å². The fraction of sp³-hybridized carbons (Fsp3) is 0.267. The summed E-state index contributed by atoms with van der Waals surface area (Å²) in [5, 5.41) is 11.7. The highest BCUT2D eigenvalue weighted by Crippen LogP contribution is 2.26. The first-order valence-corrected chi connectivity index (χ1v) is 7.76. The summed E-state index contributed by atoms with van der Waals surface area (Å²) in [6, 6.07) is 2.21. The molecule has 7 heteroatoms. The number of pyridine rings is 1. The van der Waals surface area contributed by atoms with E-state index in [1.807, 2.05) is 12.1 Å². The number of amidine groups is 1. The minimum Gasteiger partial charge on any atom is -0.380 e. The second-order valence-corrected chi connectivity index (χ2v) is 6.19. The molecule has 0 saturated heterocycles. The van der Waals surface area contributed by atoms with Crippen LogP contribution in [0, 0.1) is 0 Å². The fourth-order valence-corrected chi connectivity index (χ4v) is 3.18. The smallest absolute Gasteiger partial charge is 0.155 e. The first-order valence-electron chi connectivity index (χ1n) is 6.97. The van der Waals surface area contributed by atoms with Crippen LogP contribution in [-0.4, -0.2) is 46.8 Å². The maximum atomic E-state index is 5.26. The standard InChI is InChI=1S/C15H14BrN5O/c1-22-7-8-3-2-4-11-12(8)19-15(18-11)13-10-5-9(16)6-17-14(10)21-20-13/h2-6,11-12H,7H2,1H3,(H,18,19)(H,17,20,21). The molecular weight excluding hydrogens is 346 g/mol. The topological polar surface area (TPSA) is 75.2 Å². The molecule has 1 aliphatic carbocycles. The van der Waals surface area contributed by atoms with Crippen LogP contribution in [0.25, 0.3) is 11.0 Å². The number of allylic oxidation sites excluding steroid dienone is 2. The van der Waals surface area contributed by atoms with E-state index in [2.05, 4.69) is 48.6 Å². The molecule has 2 aromatic heterocycles. The number of methoxy groups -OCH3 is 1. The molecule has 0 amide bonds. The lowest BCUT2D eigenvalue weighted by Crippen LogP contribution is -2.36. The van der Waals surface area contributed by atoms with Crippen molar-refractivity contribution in [2.24, 2.45) is 4.99 Å². The molecule has 2 aromatic rings. The summed E-state index contributed by atoms with van der Waals surface area (Å²) in [5.74, 6) is 0.787. The molecule has 0 spiro atoms. The number of fused-ring (bicyclic) bond motifs is 2. The summed E-state index contributed by atoms with van der Waals surface area (Å²) in [6.45, 7) is 0.582. The van der Waals surface area contributed by atoms with E-state index in [1.165, 1.54) is 0 Å². The number of aromatic nitrogens is 3. The zero-order valence-corrected chi connectivity index (χ0v) is 13.5. The average molecular weight is 360 g/mol. The van der Waals surface area contributed by atoms with Crippen LogP contribution in [0.4, 0.5) is 0 Å². The molecule has 0 radical (unpaired) electrons. The van der Waals surface area contributed by atoms with Crippen LogP contribution < -0.4 is 5.32 Å². The summed E-state index contributed by atoms with van der Waals surface area (Å²) < 4.78 is 6.18. The number of nitrogens with one attached hydrogen (secondary N) is 2. The van der Waals surface area contributed by atoms with Crippen LogP contribution in [-0.2, 0) is 4.74 Å². The number of nitrogens with zero attached hydrogens (tertiary/aromatic N) is 3.